The van der Waals surface area contributed by atoms with E-state index in [1.807, 2.05) is 6.20 Å². The molecule has 0 spiro atoms. The number of aromatic nitrogens is 2. The Bertz CT molecular complexity index is 477. The number of hydrogen-bond donors (Lipinski definition) is 3. The lowest BCUT2D eigenvalue weighted by atomic mass is 10.1. The quantitative estimate of drug-likeness (QED) is 0.673. The number of hydrogen-bond acceptors (Lipinski definition) is 4. The van der Waals surface area contributed by atoms with Crippen molar-refractivity contribution in [3.8, 4) is 0 Å². The van der Waals surface area contributed by atoms with E-state index >= 15 is 0 Å². The molecule has 3 N–H and O–H groups in total. The van der Waals surface area contributed by atoms with Crippen molar-refractivity contribution < 1.29 is 9.59 Å². The summed E-state index contributed by atoms with van der Waals surface area (Å²) in [6.07, 6.45) is 8.63. The number of piperazine rings is 1. The maximum atomic E-state index is 12.2. The first-order chi connectivity index (χ1) is 9.74. The van der Waals surface area contributed by atoms with Gasteiger partial charge >= 0.3 is 0 Å². The molecule has 1 saturated heterocycles. The van der Waals surface area contributed by atoms with Crippen molar-refractivity contribution in [3.05, 3.63) is 18.7 Å². The van der Waals surface area contributed by atoms with Gasteiger partial charge in [0.1, 0.15) is 6.04 Å². The van der Waals surface area contributed by atoms with Gasteiger partial charge in [-0.2, -0.15) is 0 Å². The molecule has 2 aliphatic rings. The predicted molar refractivity (Wildman–Crippen MR) is 71.8 cm³/mol. The van der Waals surface area contributed by atoms with E-state index in [1.54, 1.807) is 12.5 Å². The Labute approximate surface area is 117 Å². The van der Waals surface area contributed by atoms with Crippen LogP contribution in [0.3, 0.4) is 0 Å². The molecule has 108 valence electrons. The van der Waals surface area contributed by atoms with Gasteiger partial charge in [-0.15, -0.1) is 0 Å². The zero-order valence-corrected chi connectivity index (χ0v) is 11.2. The minimum absolute atomic E-state index is 0.0398. The summed E-state index contributed by atoms with van der Waals surface area (Å²) in [6, 6.07) is 0.0764. The van der Waals surface area contributed by atoms with E-state index in [0.29, 0.717) is 6.54 Å². The predicted octanol–water partition coefficient (Wildman–Crippen LogP) is -0.819. The second kappa shape index (κ2) is 5.62. The Hall–Kier alpha value is -1.89. The van der Waals surface area contributed by atoms with E-state index < -0.39 is 0 Å². The molecule has 0 radical (unpaired) electrons. The van der Waals surface area contributed by atoms with Gasteiger partial charge in [-0.25, -0.2) is 4.98 Å². The van der Waals surface area contributed by atoms with E-state index in [9.17, 15) is 9.59 Å². The zero-order valence-electron chi connectivity index (χ0n) is 11.2. The Balaban J connectivity index is 1.59. The molecule has 7 heteroatoms. The Kier molecular flexibility index (Phi) is 3.68. The third-order valence-electron chi connectivity index (χ3n) is 4.04. The van der Waals surface area contributed by atoms with Gasteiger partial charge in [0.25, 0.3) is 0 Å². The normalized spacial score (nSPS) is 30.0. The molecule has 20 heavy (non-hydrogen) atoms. The van der Waals surface area contributed by atoms with Crippen molar-refractivity contribution in [3.63, 3.8) is 0 Å². The fourth-order valence-corrected chi connectivity index (χ4v) is 2.97. The summed E-state index contributed by atoms with van der Waals surface area (Å²) >= 11 is 0. The first-order valence-electron chi connectivity index (χ1n) is 7.02. The number of carbonyl (C=O) groups is 2. The summed E-state index contributed by atoms with van der Waals surface area (Å²) in [6.45, 7) is 0.556. The summed E-state index contributed by atoms with van der Waals surface area (Å²) in [4.78, 5) is 27.4. The van der Waals surface area contributed by atoms with Gasteiger partial charge in [-0.1, -0.05) is 0 Å². The largest absolute Gasteiger partial charge is 0.353 e. The van der Waals surface area contributed by atoms with Crippen molar-refractivity contribution in [2.24, 2.45) is 0 Å². The summed E-state index contributed by atoms with van der Waals surface area (Å²) in [5, 5.41) is 8.75. The van der Waals surface area contributed by atoms with Gasteiger partial charge in [-0.05, 0) is 19.3 Å². The molecule has 0 bridgehead atoms. The molecule has 3 unspecified atom stereocenters. The molecule has 2 heterocycles. The maximum Gasteiger partial charge on any atom is 0.239 e. The first-order valence-corrected chi connectivity index (χ1v) is 7.02. The topological polar surface area (TPSA) is 88.1 Å². The van der Waals surface area contributed by atoms with Crippen LogP contribution in [0.5, 0.6) is 0 Å². The van der Waals surface area contributed by atoms with Gasteiger partial charge < -0.3 is 15.2 Å². The van der Waals surface area contributed by atoms with E-state index in [0.717, 1.165) is 19.3 Å². The molecular formula is C13H19N5O2. The summed E-state index contributed by atoms with van der Waals surface area (Å²) in [7, 11) is 0. The molecule has 1 aliphatic heterocycles. The van der Waals surface area contributed by atoms with E-state index in [4.69, 9.17) is 0 Å². The van der Waals surface area contributed by atoms with E-state index in [1.165, 1.54) is 0 Å². The van der Waals surface area contributed by atoms with Crippen molar-refractivity contribution in [2.45, 2.75) is 37.4 Å². The highest BCUT2D eigenvalue weighted by molar-refractivity contribution is 5.86. The molecule has 3 atom stereocenters. The lowest BCUT2D eigenvalue weighted by Gasteiger charge is -2.27. The zero-order chi connectivity index (χ0) is 13.9. The average Bonchev–Trinajstić information content (AvgIpc) is 3.09. The molecule has 1 saturated carbocycles. The van der Waals surface area contributed by atoms with Crippen molar-refractivity contribution in [1.82, 2.24) is 25.5 Å². The molecule has 1 aliphatic carbocycles. The molecule has 7 nitrogen and oxygen atoms in total. The summed E-state index contributed by atoms with van der Waals surface area (Å²) < 4.78 is 2.06. The molecule has 1 aromatic rings. The van der Waals surface area contributed by atoms with Gasteiger partial charge in [0.2, 0.25) is 11.8 Å². The number of amides is 2. The van der Waals surface area contributed by atoms with Crippen LogP contribution in [0, 0.1) is 0 Å². The highest BCUT2D eigenvalue weighted by Gasteiger charge is 2.32. The van der Waals surface area contributed by atoms with E-state index in [-0.39, 0.29) is 36.5 Å². The average molecular weight is 277 g/mol. The molecule has 1 aromatic heterocycles. The Morgan fingerprint density at radius 1 is 1.45 bits per heavy atom. The standard InChI is InChI=1S/C13H19N5O2/c19-12-7-15-10(6-16-12)13(20)17-9-2-1-3-11(9)18-5-4-14-8-18/h4-5,8-11,15H,1-3,6-7H2,(H,16,19)(H,17,20). The highest BCUT2D eigenvalue weighted by atomic mass is 16.2. The lowest BCUT2D eigenvalue weighted by Crippen LogP contribution is -2.59. The fourth-order valence-electron chi connectivity index (χ4n) is 2.97. The van der Waals surface area contributed by atoms with Crippen LogP contribution >= 0.6 is 0 Å². The van der Waals surface area contributed by atoms with Crippen molar-refractivity contribution in [1.29, 1.82) is 0 Å². The monoisotopic (exact) mass is 277 g/mol. The van der Waals surface area contributed by atoms with Crippen molar-refractivity contribution in [2.75, 3.05) is 13.1 Å². The summed E-state index contributed by atoms with van der Waals surface area (Å²) in [5.74, 6) is -0.103. The minimum Gasteiger partial charge on any atom is -0.353 e. The number of imidazole rings is 1. The number of nitrogens with zero attached hydrogens (tertiary/aromatic N) is 2. The van der Waals surface area contributed by atoms with Crippen LogP contribution in [-0.4, -0.2) is 46.5 Å². The maximum absolute atomic E-state index is 12.2. The second-order valence-corrected chi connectivity index (χ2v) is 5.36. The van der Waals surface area contributed by atoms with Gasteiger partial charge in [-0.3, -0.25) is 14.9 Å². The number of rotatable bonds is 3. The Morgan fingerprint density at radius 3 is 3.05 bits per heavy atom. The van der Waals surface area contributed by atoms with Crippen LogP contribution in [-0.2, 0) is 9.59 Å². The van der Waals surface area contributed by atoms with Crippen LogP contribution in [0.25, 0.3) is 0 Å². The first kappa shape index (κ1) is 13.1. The van der Waals surface area contributed by atoms with Crippen LogP contribution < -0.4 is 16.0 Å². The third kappa shape index (κ3) is 2.67. The lowest BCUT2D eigenvalue weighted by molar-refractivity contribution is -0.127. The van der Waals surface area contributed by atoms with Gasteiger partial charge in [0.15, 0.2) is 0 Å². The van der Waals surface area contributed by atoms with Crippen LogP contribution in [0.2, 0.25) is 0 Å². The minimum atomic E-state index is -0.336. The molecular weight excluding hydrogens is 258 g/mol. The second-order valence-electron chi connectivity index (χ2n) is 5.36. The molecule has 2 fully saturated rings. The third-order valence-corrected chi connectivity index (χ3v) is 4.04. The number of carbonyl (C=O) groups excluding carboxylic acids is 2. The van der Waals surface area contributed by atoms with Gasteiger partial charge in [0, 0.05) is 25.0 Å². The summed E-state index contributed by atoms with van der Waals surface area (Å²) in [5.41, 5.74) is 0. The molecule has 0 aromatic carbocycles. The SMILES string of the molecule is O=C1CNC(C(=O)NC2CCCC2n2ccnc2)CN1. The van der Waals surface area contributed by atoms with Crippen LogP contribution in [0.15, 0.2) is 18.7 Å². The molecule has 3 rings (SSSR count). The van der Waals surface area contributed by atoms with Crippen LogP contribution in [0.1, 0.15) is 25.3 Å². The highest BCUT2D eigenvalue weighted by Crippen LogP contribution is 2.29. The smallest absolute Gasteiger partial charge is 0.239 e. The molecule has 2 amide bonds. The fraction of sp³-hybridized carbons (Fsp3) is 0.615. The van der Waals surface area contributed by atoms with Gasteiger partial charge in [0.05, 0.1) is 18.9 Å². The van der Waals surface area contributed by atoms with Crippen molar-refractivity contribution >= 4 is 11.8 Å². The van der Waals surface area contributed by atoms with E-state index in [2.05, 4.69) is 25.5 Å². The van der Waals surface area contributed by atoms with Crippen LogP contribution in [0.4, 0.5) is 0 Å². The Morgan fingerprint density at radius 2 is 2.35 bits per heavy atom. The number of nitrogens with one attached hydrogen (secondary N) is 3.